The standard InChI is InChI=1S/C14H18N6/c1-11-2-13(19-9-15-7-17-19)4-12(1)5-14(3-11,6-13)20-10-16-8-18-20/h7-12H,1-6H2. The van der Waals surface area contributed by atoms with Crippen LogP contribution in [0.5, 0.6) is 0 Å². The molecule has 104 valence electrons. The van der Waals surface area contributed by atoms with E-state index in [1.54, 1.807) is 12.7 Å². The zero-order valence-electron chi connectivity index (χ0n) is 11.4. The van der Waals surface area contributed by atoms with Gasteiger partial charge in [-0.3, -0.25) is 0 Å². The fraction of sp³-hybridized carbons (Fsp3) is 0.714. The highest BCUT2D eigenvalue weighted by Gasteiger charge is 2.60. The minimum atomic E-state index is 0.159. The highest BCUT2D eigenvalue weighted by atomic mass is 15.4. The van der Waals surface area contributed by atoms with Gasteiger partial charge in [0.1, 0.15) is 25.3 Å². The molecule has 20 heavy (non-hydrogen) atoms. The zero-order chi connectivity index (χ0) is 13.2. The quantitative estimate of drug-likeness (QED) is 0.831. The molecule has 6 rings (SSSR count). The smallest absolute Gasteiger partial charge is 0.137 e. The molecule has 0 N–H and O–H groups in total. The summed E-state index contributed by atoms with van der Waals surface area (Å²) in [6.45, 7) is 0. The first-order chi connectivity index (χ1) is 9.78. The Morgan fingerprint density at radius 3 is 1.70 bits per heavy atom. The Kier molecular flexibility index (Phi) is 1.91. The lowest BCUT2D eigenvalue weighted by atomic mass is 9.50. The van der Waals surface area contributed by atoms with Gasteiger partial charge in [-0.05, 0) is 50.4 Å². The van der Waals surface area contributed by atoms with Crippen molar-refractivity contribution in [2.24, 2.45) is 11.8 Å². The van der Waals surface area contributed by atoms with Gasteiger partial charge < -0.3 is 0 Å². The molecule has 4 aliphatic rings. The molecule has 0 aromatic carbocycles. The van der Waals surface area contributed by atoms with Crippen molar-refractivity contribution in [3.8, 4) is 0 Å². The van der Waals surface area contributed by atoms with Crippen LogP contribution >= 0.6 is 0 Å². The second kappa shape index (κ2) is 3.48. The summed E-state index contributed by atoms with van der Waals surface area (Å²) in [7, 11) is 0. The lowest BCUT2D eigenvalue weighted by molar-refractivity contribution is -0.102. The van der Waals surface area contributed by atoms with E-state index in [1.165, 1.54) is 32.1 Å². The molecule has 0 atom stereocenters. The third-order valence-corrected chi connectivity index (χ3v) is 5.81. The summed E-state index contributed by atoms with van der Waals surface area (Å²) in [6.07, 6.45) is 14.7. The first-order valence-corrected chi connectivity index (χ1v) is 7.48. The van der Waals surface area contributed by atoms with Crippen molar-refractivity contribution < 1.29 is 0 Å². The Labute approximate surface area is 117 Å². The van der Waals surface area contributed by atoms with Crippen LogP contribution in [0.4, 0.5) is 0 Å². The maximum atomic E-state index is 4.48. The average Bonchev–Trinajstić information content (AvgIpc) is 3.12. The fourth-order valence-corrected chi connectivity index (χ4v) is 5.61. The van der Waals surface area contributed by atoms with Gasteiger partial charge in [-0.2, -0.15) is 10.2 Å². The summed E-state index contributed by atoms with van der Waals surface area (Å²) in [6, 6.07) is 0. The van der Waals surface area contributed by atoms with Crippen LogP contribution in [0.3, 0.4) is 0 Å². The van der Waals surface area contributed by atoms with Gasteiger partial charge in [-0.1, -0.05) is 0 Å². The molecule has 2 heterocycles. The number of nitrogens with zero attached hydrogens (tertiary/aromatic N) is 6. The van der Waals surface area contributed by atoms with Gasteiger partial charge in [0.05, 0.1) is 11.1 Å². The van der Waals surface area contributed by atoms with E-state index < -0.39 is 0 Å². The van der Waals surface area contributed by atoms with Crippen molar-refractivity contribution in [2.45, 2.75) is 49.6 Å². The van der Waals surface area contributed by atoms with E-state index in [1.807, 2.05) is 12.7 Å². The Morgan fingerprint density at radius 2 is 1.30 bits per heavy atom. The molecule has 2 aromatic rings. The molecule has 0 aliphatic heterocycles. The van der Waals surface area contributed by atoms with Crippen LogP contribution < -0.4 is 0 Å². The summed E-state index contributed by atoms with van der Waals surface area (Å²) in [5.74, 6) is 1.59. The molecule has 4 fully saturated rings. The van der Waals surface area contributed by atoms with Crippen molar-refractivity contribution in [3.63, 3.8) is 0 Å². The minimum Gasteiger partial charge on any atom is -0.247 e. The second-order valence-corrected chi connectivity index (χ2v) is 7.09. The van der Waals surface area contributed by atoms with Crippen LogP contribution in [0.2, 0.25) is 0 Å². The summed E-state index contributed by atoms with van der Waals surface area (Å²) in [4.78, 5) is 8.36. The molecule has 2 aromatic heterocycles. The summed E-state index contributed by atoms with van der Waals surface area (Å²) in [5.41, 5.74) is 0.319. The molecule has 6 heteroatoms. The number of hydrogen-bond donors (Lipinski definition) is 0. The first-order valence-electron chi connectivity index (χ1n) is 7.48. The van der Waals surface area contributed by atoms with Gasteiger partial charge >= 0.3 is 0 Å². The lowest BCUT2D eigenvalue weighted by Gasteiger charge is -2.61. The van der Waals surface area contributed by atoms with Gasteiger partial charge in [0.15, 0.2) is 0 Å². The molecular weight excluding hydrogens is 252 g/mol. The second-order valence-electron chi connectivity index (χ2n) is 7.09. The van der Waals surface area contributed by atoms with Crippen molar-refractivity contribution in [3.05, 3.63) is 25.3 Å². The van der Waals surface area contributed by atoms with Crippen molar-refractivity contribution in [1.29, 1.82) is 0 Å². The molecule has 6 nitrogen and oxygen atoms in total. The van der Waals surface area contributed by atoms with Crippen molar-refractivity contribution >= 4 is 0 Å². The first kappa shape index (κ1) is 11.0. The molecule has 4 saturated carbocycles. The van der Waals surface area contributed by atoms with E-state index in [0.717, 1.165) is 18.3 Å². The SMILES string of the molecule is c1ncn(C23CC4CC(C2)CC(n2cncn2)(C4)C3)n1. The van der Waals surface area contributed by atoms with E-state index >= 15 is 0 Å². The van der Waals surface area contributed by atoms with E-state index in [-0.39, 0.29) is 11.1 Å². The van der Waals surface area contributed by atoms with E-state index in [0.29, 0.717) is 0 Å². The van der Waals surface area contributed by atoms with Crippen LogP contribution in [-0.2, 0) is 11.1 Å². The number of rotatable bonds is 2. The molecule has 4 aliphatic carbocycles. The third-order valence-electron chi connectivity index (χ3n) is 5.81. The van der Waals surface area contributed by atoms with Gasteiger partial charge in [0, 0.05) is 0 Å². The van der Waals surface area contributed by atoms with E-state index in [9.17, 15) is 0 Å². The predicted octanol–water partition coefficient (Wildman–Crippen LogP) is 1.57. The van der Waals surface area contributed by atoms with E-state index in [2.05, 4.69) is 29.5 Å². The predicted molar refractivity (Wildman–Crippen MR) is 70.7 cm³/mol. The molecule has 0 amide bonds. The van der Waals surface area contributed by atoms with Crippen molar-refractivity contribution in [1.82, 2.24) is 29.5 Å². The third kappa shape index (κ3) is 1.29. The zero-order valence-corrected chi connectivity index (χ0v) is 11.4. The van der Waals surface area contributed by atoms with Gasteiger partial charge in [0.2, 0.25) is 0 Å². The molecular formula is C14H18N6. The van der Waals surface area contributed by atoms with Crippen molar-refractivity contribution in [2.75, 3.05) is 0 Å². The van der Waals surface area contributed by atoms with Crippen LogP contribution in [0.25, 0.3) is 0 Å². The van der Waals surface area contributed by atoms with Crippen LogP contribution in [0.15, 0.2) is 25.3 Å². The maximum Gasteiger partial charge on any atom is 0.137 e. The topological polar surface area (TPSA) is 61.4 Å². The van der Waals surface area contributed by atoms with Gasteiger partial charge in [-0.15, -0.1) is 0 Å². The lowest BCUT2D eigenvalue weighted by Crippen LogP contribution is -2.60. The molecule has 0 spiro atoms. The maximum absolute atomic E-state index is 4.48. The average molecular weight is 270 g/mol. The van der Waals surface area contributed by atoms with Crippen LogP contribution in [0, 0.1) is 11.8 Å². The van der Waals surface area contributed by atoms with Crippen LogP contribution in [0.1, 0.15) is 38.5 Å². The molecule has 0 unspecified atom stereocenters. The summed E-state index contributed by atoms with van der Waals surface area (Å²) < 4.78 is 4.27. The highest BCUT2D eigenvalue weighted by molar-refractivity contribution is 5.12. The van der Waals surface area contributed by atoms with E-state index in [4.69, 9.17) is 0 Å². The fourth-order valence-electron chi connectivity index (χ4n) is 5.61. The summed E-state index contributed by atoms with van der Waals surface area (Å²) >= 11 is 0. The monoisotopic (exact) mass is 270 g/mol. The highest BCUT2D eigenvalue weighted by Crippen LogP contribution is 2.62. The Morgan fingerprint density at radius 1 is 0.800 bits per heavy atom. The Hall–Kier alpha value is -1.72. The number of hydrogen-bond acceptors (Lipinski definition) is 4. The largest absolute Gasteiger partial charge is 0.247 e. The molecule has 0 saturated heterocycles. The number of aromatic nitrogens is 6. The minimum absolute atomic E-state index is 0.159. The summed E-state index contributed by atoms with van der Waals surface area (Å²) in [5, 5.41) is 8.96. The Balaban J connectivity index is 1.64. The Bertz CT molecular complexity index is 550. The van der Waals surface area contributed by atoms with Crippen LogP contribution in [-0.4, -0.2) is 29.5 Å². The van der Waals surface area contributed by atoms with Gasteiger partial charge in [-0.25, -0.2) is 19.3 Å². The van der Waals surface area contributed by atoms with Gasteiger partial charge in [0.25, 0.3) is 0 Å². The normalized spacial score (nSPS) is 42.2. The molecule has 4 bridgehead atoms. The molecule has 0 radical (unpaired) electrons.